The van der Waals surface area contributed by atoms with Crippen LogP contribution in [0.3, 0.4) is 0 Å². The van der Waals surface area contributed by atoms with Gasteiger partial charge in [0.15, 0.2) is 5.82 Å². The van der Waals surface area contributed by atoms with Crippen molar-refractivity contribution in [1.29, 1.82) is 0 Å². The Morgan fingerprint density at radius 3 is 1.75 bits per heavy atom. The maximum Gasteiger partial charge on any atom is 0.160 e. The van der Waals surface area contributed by atoms with Gasteiger partial charge in [-0.1, -0.05) is 208 Å². The van der Waals surface area contributed by atoms with Crippen LogP contribution in [0.2, 0.25) is 0 Å². The summed E-state index contributed by atoms with van der Waals surface area (Å²) in [7, 11) is 0. The molecule has 1 heterocycles. The highest BCUT2D eigenvalue weighted by Crippen LogP contribution is 2.50. The van der Waals surface area contributed by atoms with Crippen LogP contribution in [-0.2, 0) is 5.41 Å². The van der Waals surface area contributed by atoms with Gasteiger partial charge in [-0.25, -0.2) is 9.97 Å². The summed E-state index contributed by atoms with van der Waals surface area (Å²) in [6.07, 6.45) is 0. The van der Waals surface area contributed by atoms with E-state index < -0.39 is 0 Å². The summed E-state index contributed by atoms with van der Waals surface area (Å²) in [4.78, 5) is 10.7. The zero-order valence-electron chi connectivity index (χ0n) is 35.2. The molecule has 1 aromatic heterocycles. The van der Waals surface area contributed by atoms with Crippen LogP contribution in [0.4, 0.5) is 0 Å². The predicted molar refractivity (Wildman–Crippen MR) is 265 cm³/mol. The van der Waals surface area contributed by atoms with Crippen LogP contribution < -0.4 is 0 Å². The molecule has 10 aromatic carbocycles. The lowest BCUT2D eigenvalue weighted by atomic mass is 9.82. The summed E-state index contributed by atoms with van der Waals surface area (Å²) in [6, 6.07) is 79.1. The van der Waals surface area contributed by atoms with Crippen molar-refractivity contribution in [3.63, 3.8) is 0 Å². The fraction of sp³-hybridized carbons (Fsp3) is 0.0492. The van der Waals surface area contributed by atoms with Crippen molar-refractivity contribution in [2.75, 3.05) is 0 Å². The Balaban J connectivity index is 1.00. The van der Waals surface area contributed by atoms with Gasteiger partial charge in [0.2, 0.25) is 0 Å². The molecule has 0 fully saturated rings. The fourth-order valence-corrected chi connectivity index (χ4v) is 10.1. The van der Waals surface area contributed by atoms with Crippen molar-refractivity contribution in [1.82, 2.24) is 9.97 Å². The number of fused-ring (bicyclic) bond motifs is 7. The lowest BCUT2D eigenvalue weighted by Crippen LogP contribution is -2.14. The van der Waals surface area contributed by atoms with Crippen molar-refractivity contribution < 1.29 is 0 Å². The number of rotatable bonds is 6. The molecule has 0 atom stereocenters. The second kappa shape index (κ2) is 14.6. The fourth-order valence-electron chi connectivity index (χ4n) is 10.1. The van der Waals surface area contributed by atoms with Gasteiger partial charge in [0.05, 0.1) is 11.4 Å². The minimum absolute atomic E-state index is 0.0358. The topological polar surface area (TPSA) is 25.8 Å². The van der Waals surface area contributed by atoms with Crippen molar-refractivity contribution in [3.05, 3.63) is 230 Å². The molecule has 0 spiro atoms. The van der Waals surface area contributed by atoms with Gasteiger partial charge in [-0.2, -0.15) is 0 Å². The van der Waals surface area contributed by atoms with Gasteiger partial charge in [-0.15, -0.1) is 0 Å². The van der Waals surface area contributed by atoms with Crippen molar-refractivity contribution in [3.8, 4) is 78.4 Å². The SMILES string of the molecule is CC1(C)c2ccccc2-c2cc(-c3cccc(-c4cc(-c5ccccc5-c5ccccc5)nc(-c5ccc(-c6c7ccccc7cc7c6ccc6ccccc67)cc5)n4)c3)ccc21. The molecule has 63 heavy (non-hydrogen) atoms. The van der Waals surface area contributed by atoms with E-state index in [1.807, 2.05) is 0 Å². The molecule has 12 rings (SSSR count). The Morgan fingerprint density at radius 1 is 0.302 bits per heavy atom. The Labute approximate surface area is 367 Å². The van der Waals surface area contributed by atoms with E-state index in [1.165, 1.54) is 65.7 Å². The number of hydrogen-bond donors (Lipinski definition) is 0. The third kappa shape index (κ3) is 6.17. The molecule has 0 aliphatic heterocycles. The normalized spacial score (nSPS) is 12.7. The van der Waals surface area contributed by atoms with E-state index in [-0.39, 0.29) is 5.41 Å². The first-order valence-corrected chi connectivity index (χ1v) is 21.8. The van der Waals surface area contributed by atoms with Gasteiger partial charge in [0.1, 0.15) is 0 Å². The largest absolute Gasteiger partial charge is 0.228 e. The molecule has 0 saturated heterocycles. The Kier molecular flexibility index (Phi) is 8.55. The molecule has 0 N–H and O–H groups in total. The lowest BCUT2D eigenvalue weighted by molar-refractivity contribution is 0.660. The third-order valence-electron chi connectivity index (χ3n) is 13.3. The average Bonchev–Trinajstić information content (AvgIpc) is 3.58. The van der Waals surface area contributed by atoms with Crippen molar-refractivity contribution in [2.45, 2.75) is 19.3 Å². The van der Waals surface area contributed by atoms with E-state index >= 15 is 0 Å². The van der Waals surface area contributed by atoms with E-state index in [2.05, 4.69) is 232 Å². The Morgan fingerprint density at radius 2 is 0.905 bits per heavy atom. The molecule has 11 aromatic rings. The monoisotopic (exact) mass is 802 g/mol. The van der Waals surface area contributed by atoms with Crippen LogP contribution in [0.15, 0.2) is 218 Å². The second-order valence-electron chi connectivity index (χ2n) is 17.3. The molecule has 2 nitrogen and oxygen atoms in total. The Bertz CT molecular complexity index is 3580. The van der Waals surface area contributed by atoms with Crippen molar-refractivity contribution in [2.24, 2.45) is 0 Å². The minimum atomic E-state index is -0.0358. The molecule has 0 amide bonds. The summed E-state index contributed by atoms with van der Waals surface area (Å²) in [6.45, 7) is 4.66. The first-order chi connectivity index (χ1) is 31.0. The highest BCUT2D eigenvalue weighted by atomic mass is 14.9. The van der Waals surface area contributed by atoms with Gasteiger partial charge >= 0.3 is 0 Å². The van der Waals surface area contributed by atoms with Gasteiger partial charge in [-0.3, -0.25) is 0 Å². The maximum atomic E-state index is 5.37. The van der Waals surface area contributed by atoms with Crippen LogP contribution in [0.1, 0.15) is 25.0 Å². The van der Waals surface area contributed by atoms with E-state index in [0.29, 0.717) is 5.82 Å². The standard InChI is InChI=1S/C61H42N2/c1-61(2)55-26-13-12-24-50(55)54-36-44(32-34-56(54)61)43-19-14-20-46(35-43)57-38-58(51-25-11-10-21-47(51)39-15-4-3-5-16-39)63-60(62-57)42-29-27-41(28-30-42)59-49-23-9-7-18-45(49)37-53-48-22-8-6-17-40(48)31-33-52(53)59/h3-38H,1-2H3. The van der Waals surface area contributed by atoms with Gasteiger partial charge in [0, 0.05) is 22.1 Å². The van der Waals surface area contributed by atoms with E-state index in [9.17, 15) is 0 Å². The molecule has 296 valence electrons. The van der Waals surface area contributed by atoms with Gasteiger partial charge in [0.25, 0.3) is 0 Å². The number of hydrogen-bond acceptors (Lipinski definition) is 2. The predicted octanol–water partition coefficient (Wildman–Crippen LogP) is 16.2. The quantitative estimate of drug-likeness (QED) is 0.124. The second-order valence-corrected chi connectivity index (χ2v) is 17.3. The first kappa shape index (κ1) is 36.9. The summed E-state index contributed by atoms with van der Waals surface area (Å²) in [5, 5.41) is 7.49. The zero-order chi connectivity index (χ0) is 42.1. The van der Waals surface area contributed by atoms with Gasteiger partial charge < -0.3 is 0 Å². The maximum absolute atomic E-state index is 5.37. The summed E-state index contributed by atoms with van der Waals surface area (Å²) >= 11 is 0. The third-order valence-corrected chi connectivity index (χ3v) is 13.3. The molecule has 1 aliphatic carbocycles. The van der Waals surface area contributed by atoms with Gasteiger partial charge in [-0.05, 0) is 112 Å². The number of nitrogens with zero attached hydrogens (tertiary/aromatic N) is 2. The molecule has 0 unspecified atom stereocenters. The van der Waals surface area contributed by atoms with Crippen LogP contribution in [0.5, 0.6) is 0 Å². The molecule has 0 bridgehead atoms. The molecule has 0 radical (unpaired) electrons. The molecular weight excluding hydrogens is 761 g/mol. The molecule has 0 saturated carbocycles. The number of aromatic nitrogens is 2. The highest BCUT2D eigenvalue weighted by molar-refractivity contribution is 6.20. The Hall–Kier alpha value is -7.94. The van der Waals surface area contributed by atoms with Crippen LogP contribution >= 0.6 is 0 Å². The molecule has 2 heteroatoms. The van der Waals surface area contributed by atoms with E-state index in [1.54, 1.807) is 0 Å². The summed E-state index contributed by atoms with van der Waals surface area (Å²) in [5.74, 6) is 0.687. The first-order valence-electron chi connectivity index (χ1n) is 21.8. The van der Waals surface area contributed by atoms with Crippen LogP contribution in [0.25, 0.3) is 111 Å². The number of benzene rings is 10. The van der Waals surface area contributed by atoms with Crippen LogP contribution in [-0.4, -0.2) is 9.97 Å². The van der Waals surface area contributed by atoms with E-state index in [0.717, 1.165) is 50.3 Å². The zero-order valence-corrected chi connectivity index (χ0v) is 35.2. The smallest absolute Gasteiger partial charge is 0.160 e. The molecular formula is C61H42N2. The minimum Gasteiger partial charge on any atom is -0.228 e. The van der Waals surface area contributed by atoms with Crippen molar-refractivity contribution >= 4 is 32.3 Å². The van der Waals surface area contributed by atoms with Crippen LogP contribution in [0, 0.1) is 0 Å². The van der Waals surface area contributed by atoms with E-state index in [4.69, 9.17) is 9.97 Å². The average molecular weight is 803 g/mol. The summed E-state index contributed by atoms with van der Waals surface area (Å²) in [5.41, 5.74) is 17.2. The summed E-state index contributed by atoms with van der Waals surface area (Å²) < 4.78 is 0. The lowest BCUT2D eigenvalue weighted by Gasteiger charge is -2.21. The molecule has 1 aliphatic rings. The highest BCUT2D eigenvalue weighted by Gasteiger charge is 2.35.